The van der Waals surface area contributed by atoms with Crippen LogP contribution in [0, 0.1) is 0 Å². The predicted octanol–water partition coefficient (Wildman–Crippen LogP) is 4.38. The van der Waals surface area contributed by atoms with Crippen molar-refractivity contribution in [3.63, 3.8) is 0 Å². The van der Waals surface area contributed by atoms with Crippen molar-refractivity contribution >= 4 is 0 Å². The molecule has 0 spiro atoms. The van der Waals surface area contributed by atoms with Crippen LogP contribution in [0.15, 0.2) is 25.2 Å². The van der Waals surface area contributed by atoms with Gasteiger partial charge in [0.1, 0.15) is 0 Å². The molecule has 0 aromatic rings. The molecule has 0 atom stereocenters. The Balaban J connectivity index is 4.73. The Morgan fingerprint density at radius 1 is 0.900 bits per heavy atom. The Morgan fingerprint density at radius 2 is 1.35 bits per heavy atom. The van der Waals surface area contributed by atoms with Gasteiger partial charge in [-0.15, -0.1) is 0 Å². The fourth-order valence-corrected chi connectivity index (χ4v) is 1.20. The van der Waals surface area contributed by atoms with Crippen molar-refractivity contribution in [1.82, 2.24) is 0 Å². The highest BCUT2D eigenvalue weighted by molar-refractivity contribution is 4.96. The van der Waals surface area contributed by atoms with E-state index in [4.69, 9.17) is 0 Å². The van der Waals surface area contributed by atoms with Crippen molar-refractivity contribution in [2.75, 3.05) is 13.2 Å². The van der Waals surface area contributed by atoms with E-state index in [1.165, 1.54) is 13.0 Å². The lowest BCUT2D eigenvalue weighted by molar-refractivity contribution is -0.314. The van der Waals surface area contributed by atoms with Crippen LogP contribution < -0.4 is 0 Å². The van der Waals surface area contributed by atoms with Crippen molar-refractivity contribution in [2.24, 2.45) is 0 Å². The minimum Gasteiger partial charge on any atom is -0.502 e. The summed E-state index contributed by atoms with van der Waals surface area (Å²) in [6.07, 6.45) is 0.0403. The molecule has 0 aliphatic carbocycles. The zero-order valence-corrected chi connectivity index (χ0v) is 10.9. The van der Waals surface area contributed by atoms with E-state index in [9.17, 15) is 26.3 Å². The lowest BCUT2D eigenvalue weighted by atomic mass is 10.00. The molecule has 20 heavy (non-hydrogen) atoms. The zero-order valence-electron chi connectivity index (χ0n) is 10.9. The highest BCUT2D eigenvalue weighted by Crippen LogP contribution is 2.48. The molecule has 0 aromatic carbocycles. The fourth-order valence-electron chi connectivity index (χ4n) is 1.20. The molecule has 0 aliphatic rings. The molecule has 0 aromatic heterocycles. The van der Waals surface area contributed by atoms with Gasteiger partial charge in [0.15, 0.2) is 0 Å². The van der Waals surface area contributed by atoms with Crippen LogP contribution in [0.25, 0.3) is 0 Å². The molecule has 0 bridgehead atoms. The summed E-state index contributed by atoms with van der Waals surface area (Å²) in [7, 11) is 0. The van der Waals surface area contributed by atoms with Crippen LogP contribution >= 0.6 is 0 Å². The molecule has 0 amide bonds. The van der Waals surface area contributed by atoms with E-state index in [2.05, 4.69) is 16.1 Å². The van der Waals surface area contributed by atoms with E-state index in [-0.39, 0.29) is 0 Å². The Hall–Kier alpha value is -1.34. The summed E-state index contributed by atoms with van der Waals surface area (Å²) in [6, 6.07) is 0. The van der Waals surface area contributed by atoms with Gasteiger partial charge in [-0.2, -0.15) is 26.3 Å². The molecule has 2 nitrogen and oxygen atoms in total. The number of alkyl halides is 6. The number of rotatable bonds is 10. The minimum atomic E-state index is -5.50. The molecule has 0 fully saturated rings. The lowest BCUT2D eigenvalue weighted by Gasteiger charge is -2.32. The van der Waals surface area contributed by atoms with Crippen molar-refractivity contribution in [3.8, 4) is 0 Å². The maximum Gasteiger partial charge on any atom is 0.372 e. The van der Waals surface area contributed by atoms with Gasteiger partial charge in [0.25, 0.3) is 0 Å². The molecule has 0 unspecified atom stereocenters. The predicted molar refractivity (Wildman–Crippen MR) is 61.0 cm³/mol. The average Bonchev–Trinajstić information content (AvgIpc) is 2.34. The van der Waals surface area contributed by atoms with E-state index >= 15 is 0 Å². The summed E-state index contributed by atoms with van der Waals surface area (Å²) >= 11 is 0. The second-order valence-electron chi connectivity index (χ2n) is 3.86. The van der Waals surface area contributed by atoms with Gasteiger partial charge in [-0.25, -0.2) is 0 Å². The van der Waals surface area contributed by atoms with Gasteiger partial charge in [-0.05, 0) is 6.92 Å². The molecule has 0 rings (SSSR count). The Morgan fingerprint density at radius 3 is 1.75 bits per heavy atom. The summed E-state index contributed by atoms with van der Waals surface area (Å²) in [5, 5.41) is 0. The summed E-state index contributed by atoms with van der Waals surface area (Å²) in [4.78, 5) is 0. The van der Waals surface area contributed by atoms with Crippen LogP contribution in [0.2, 0.25) is 0 Å². The molecular formula is C12H16F6O2. The SMILES string of the molecule is C=COCCC(F)(F)C(F)(F)C(F)(F)CCOC=CC. The van der Waals surface area contributed by atoms with Crippen LogP contribution in [-0.4, -0.2) is 31.0 Å². The average molecular weight is 306 g/mol. The number of hydrogen-bond acceptors (Lipinski definition) is 2. The van der Waals surface area contributed by atoms with E-state index in [0.717, 1.165) is 12.5 Å². The van der Waals surface area contributed by atoms with Crippen LogP contribution in [0.5, 0.6) is 0 Å². The first kappa shape index (κ1) is 18.7. The molecule has 0 aliphatic heterocycles. The highest BCUT2D eigenvalue weighted by Gasteiger charge is 2.70. The summed E-state index contributed by atoms with van der Waals surface area (Å²) in [5.41, 5.74) is 0. The number of allylic oxidation sites excluding steroid dienone is 1. The second-order valence-corrected chi connectivity index (χ2v) is 3.86. The minimum absolute atomic E-state index is 0.761. The van der Waals surface area contributed by atoms with E-state index in [1.807, 2.05) is 0 Å². The van der Waals surface area contributed by atoms with E-state index in [0.29, 0.717) is 0 Å². The first-order chi connectivity index (χ1) is 9.12. The first-order valence-electron chi connectivity index (χ1n) is 5.71. The third kappa shape index (κ3) is 4.64. The standard InChI is InChI=1S/C12H16F6O2/c1-3-7-20-9-6-11(15,16)12(17,18)10(13,14)5-8-19-4-2/h3-4,7H,2,5-6,8-9H2,1H3. The van der Waals surface area contributed by atoms with Gasteiger partial charge in [-0.3, -0.25) is 0 Å². The van der Waals surface area contributed by atoms with Crippen LogP contribution in [0.3, 0.4) is 0 Å². The van der Waals surface area contributed by atoms with Gasteiger partial charge in [-0.1, -0.05) is 12.7 Å². The first-order valence-corrected chi connectivity index (χ1v) is 5.71. The Kier molecular flexibility index (Phi) is 6.95. The van der Waals surface area contributed by atoms with Gasteiger partial charge in [0.05, 0.1) is 38.6 Å². The van der Waals surface area contributed by atoms with Crippen LogP contribution in [0.4, 0.5) is 26.3 Å². The van der Waals surface area contributed by atoms with E-state index < -0.39 is 43.8 Å². The Bertz CT molecular complexity index is 328. The largest absolute Gasteiger partial charge is 0.502 e. The summed E-state index contributed by atoms with van der Waals surface area (Å²) in [5.74, 6) is -15.3. The van der Waals surface area contributed by atoms with Crippen molar-refractivity contribution in [2.45, 2.75) is 37.5 Å². The maximum absolute atomic E-state index is 13.3. The molecule has 0 radical (unpaired) electrons. The number of ether oxygens (including phenoxy) is 2. The highest BCUT2D eigenvalue weighted by atomic mass is 19.3. The zero-order chi connectivity index (χ0) is 15.9. The van der Waals surface area contributed by atoms with E-state index in [1.54, 1.807) is 0 Å². The van der Waals surface area contributed by atoms with Crippen molar-refractivity contribution in [1.29, 1.82) is 0 Å². The van der Waals surface area contributed by atoms with Gasteiger partial charge in [0, 0.05) is 0 Å². The summed E-state index contributed by atoms with van der Waals surface area (Å²) in [6.45, 7) is 2.90. The normalized spacial score (nSPS) is 13.6. The second kappa shape index (κ2) is 7.44. The third-order valence-corrected chi connectivity index (χ3v) is 2.34. The monoisotopic (exact) mass is 306 g/mol. The number of hydrogen-bond donors (Lipinski definition) is 0. The van der Waals surface area contributed by atoms with Gasteiger partial charge in [0.2, 0.25) is 0 Å². The number of halogens is 6. The molecule has 0 saturated carbocycles. The smallest absolute Gasteiger partial charge is 0.372 e. The molecule has 0 heterocycles. The topological polar surface area (TPSA) is 18.5 Å². The molecule has 8 heteroatoms. The molecule has 118 valence electrons. The van der Waals surface area contributed by atoms with Gasteiger partial charge >= 0.3 is 17.8 Å². The fraction of sp³-hybridized carbons (Fsp3) is 0.667. The van der Waals surface area contributed by atoms with Crippen LogP contribution in [0.1, 0.15) is 19.8 Å². The van der Waals surface area contributed by atoms with Crippen molar-refractivity contribution < 1.29 is 35.8 Å². The Labute approximate surface area is 113 Å². The van der Waals surface area contributed by atoms with Gasteiger partial charge < -0.3 is 9.47 Å². The quantitative estimate of drug-likeness (QED) is 0.339. The molecule has 0 saturated heterocycles. The maximum atomic E-state index is 13.3. The third-order valence-electron chi connectivity index (χ3n) is 2.34. The summed E-state index contributed by atoms with van der Waals surface area (Å²) < 4.78 is 88.1. The van der Waals surface area contributed by atoms with Crippen molar-refractivity contribution in [3.05, 3.63) is 25.2 Å². The molecule has 0 N–H and O–H groups in total. The lowest BCUT2D eigenvalue weighted by Crippen LogP contribution is -2.54. The molecular weight excluding hydrogens is 290 g/mol. The van der Waals surface area contributed by atoms with Crippen LogP contribution in [-0.2, 0) is 9.47 Å².